The van der Waals surface area contributed by atoms with Crippen LogP contribution in [0, 0.1) is 17.8 Å². The Balaban J connectivity index is 2.62. The van der Waals surface area contributed by atoms with Crippen molar-refractivity contribution in [1.82, 2.24) is 5.32 Å². The highest BCUT2D eigenvalue weighted by atomic mass is 14.8. The normalized spacial score (nSPS) is 10.0. The molecule has 0 aliphatic heterocycles. The molecule has 0 bridgehead atoms. The molecule has 86 valence electrons. The topological polar surface area (TPSA) is 12.0 Å². The fourth-order valence-corrected chi connectivity index (χ4v) is 1.58. The lowest BCUT2D eigenvalue weighted by Gasteiger charge is -2.04. The monoisotopic (exact) mass is 215 g/mol. The average Bonchev–Trinajstić information content (AvgIpc) is 2.24. The lowest BCUT2D eigenvalue weighted by Crippen LogP contribution is -2.11. The molecule has 0 saturated heterocycles. The van der Waals surface area contributed by atoms with Gasteiger partial charge in [0.2, 0.25) is 0 Å². The van der Waals surface area contributed by atoms with Crippen molar-refractivity contribution in [1.29, 1.82) is 0 Å². The molecular weight excluding hydrogens is 194 g/mol. The molecule has 0 radical (unpaired) electrons. The van der Waals surface area contributed by atoms with E-state index in [9.17, 15) is 0 Å². The molecule has 0 heterocycles. The van der Waals surface area contributed by atoms with Crippen LogP contribution >= 0.6 is 0 Å². The summed E-state index contributed by atoms with van der Waals surface area (Å²) < 4.78 is 0. The van der Waals surface area contributed by atoms with Gasteiger partial charge in [-0.25, -0.2) is 0 Å². The van der Waals surface area contributed by atoms with Gasteiger partial charge in [0.25, 0.3) is 0 Å². The molecule has 0 unspecified atom stereocenters. The van der Waals surface area contributed by atoms with E-state index in [-0.39, 0.29) is 0 Å². The van der Waals surface area contributed by atoms with Crippen LogP contribution in [-0.4, -0.2) is 13.1 Å². The predicted molar refractivity (Wildman–Crippen MR) is 70.4 cm³/mol. The fraction of sp³-hybridized carbons (Fsp3) is 0.467. The Morgan fingerprint density at radius 3 is 2.81 bits per heavy atom. The molecular formula is C15H21N. The first kappa shape index (κ1) is 12.8. The zero-order valence-electron chi connectivity index (χ0n) is 10.5. The first-order valence-corrected chi connectivity index (χ1v) is 6.01. The van der Waals surface area contributed by atoms with Crippen LogP contribution in [0.2, 0.25) is 0 Å². The van der Waals surface area contributed by atoms with Crippen LogP contribution in [0.4, 0.5) is 0 Å². The maximum absolute atomic E-state index is 3.19. The van der Waals surface area contributed by atoms with Gasteiger partial charge in [-0.2, -0.15) is 0 Å². The van der Waals surface area contributed by atoms with Crippen molar-refractivity contribution in [2.45, 2.75) is 27.2 Å². The second-order valence-electron chi connectivity index (χ2n) is 4.38. The van der Waals surface area contributed by atoms with Crippen LogP contribution in [0.1, 0.15) is 31.9 Å². The minimum Gasteiger partial charge on any atom is -0.306 e. The molecule has 0 spiro atoms. The third-order valence-electron chi connectivity index (χ3n) is 2.27. The Labute approximate surface area is 99.3 Å². The highest BCUT2D eigenvalue weighted by Crippen LogP contribution is 2.09. The fourth-order valence-electron chi connectivity index (χ4n) is 1.58. The van der Waals surface area contributed by atoms with Crippen LogP contribution in [0.25, 0.3) is 0 Å². The summed E-state index contributed by atoms with van der Waals surface area (Å²) in [7, 11) is 0. The van der Waals surface area contributed by atoms with E-state index in [1.54, 1.807) is 0 Å². The third-order valence-corrected chi connectivity index (χ3v) is 2.27. The predicted octanol–water partition coefficient (Wildman–Crippen LogP) is 2.85. The molecule has 16 heavy (non-hydrogen) atoms. The molecule has 0 aliphatic carbocycles. The maximum atomic E-state index is 3.19. The highest BCUT2D eigenvalue weighted by Gasteiger charge is 1.97. The molecule has 1 nitrogen and oxygen atoms in total. The summed E-state index contributed by atoms with van der Waals surface area (Å²) in [5, 5.41) is 3.19. The maximum Gasteiger partial charge on any atom is 0.0580 e. The molecule has 1 aromatic carbocycles. The number of rotatable bonds is 4. The van der Waals surface area contributed by atoms with Crippen molar-refractivity contribution >= 4 is 0 Å². The first-order valence-electron chi connectivity index (χ1n) is 6.01. The number of hydrogen-bond acceptors (Lipinski definition) is 1. The summed E-state index contributed by atoms with van der Waals surface area (Å²) >= 11 is 0. The third kappa shape index (κ3) is 5.00. The van der Waals surface area contributed by atoms with Gasteiger partial charge in [-0.05, 0) is 36.6 Å². The molecule has 0 aromatic heterocycles. The van der Waals surface area contributed by atoms with Crippen molar-refractivity contribution < 1.29 is 0 Å². The van der Waals surface area contributed by atoms with Crippen LogP contribution in [0.3, 0.4) is 0 Å². The van der Waals surface area contributed by atoms with E-state index in [4.69, 9.17) is 0 Å². The van der Waals surface area contributed by atoms with Crippen LogP contribution in [0.15, 0.2) is 24.3 Å². The summed E-state index contributed by atoms with van der Waals surface area (Å²) in [5.74, 6) is 7.00. The second-order valence-corrected chi connectivity index (χ2v) is 4.38. The standard InChI is InChI=1S/C15H21N/c1-4-16-10-6-9-14-7-5-8-15(12-14)11-13(2)3/h5,7-8,12-13,16H,4,10-11H2,1-3H3. The SMILES string of the molecule is CCNCC#Cc1cccc(CC(C)C)c1. The molecule has 0 aliphatic rings. The van der Waals surface area contributed by atoms with Gasteiger partial charge in [0.1, 0.15) is 0 Å². The zero-order chi connectivity index (χ0) is 11.8. The number of benzene rings is 1. The summed E-state index contributed by atoms with van der Waals surface area (Å²) in [6.07, 6.45) is 1.13. The summed E-state index contributed by atoms with van der Waals surface area (Å²) in [4.78, 5) is 0. The summed E-state index contributed by atoms with van der Waals surface area (Å²) in [6, 6.07) is 8.53. The van der Waals surface area contributed by atoms with E-state index in [0.29, 0.717) is 5.92 Å². The quantitative estimate of drug-likeness (QED) is 0.601. The van der Waals surface area contributed by atoms with Gasteiger partial charge in [0.05, 0.1) is 6.54 Å². The van der Waals surface area contributed by atoms with Gasteiger partial charge >= 0.3 is 0 Å². The smallest absolute Gasteiger partial charge is 0.0580 e. The van der Waals surface area contributed by atoms with Gasteiger partial charge in [-0.15, -0.1) is 0 Å². The molecule has 1 aromatic rings. The molecule has 1 rings (SSSR count). The molecule has 0 amide bonds. The van der Waals surface area contributed by atoms with E-state index in [2.05, 4.69) is 62.2 Å². The van der Waals surface area contributed by atoms with E-state index in [1.807, 2.05) is 0 Å². The number of hydrogen-bond donors (Lipinski definition) is 1. The van der Waals surface area contributed by atoms with Gasteiger partial charge in [-0.3, -0.25) is 0 Å². The Kier molecular flexibility index (Phi) is 5.67. The lowest BCUT2D eigenvalue weighted by atomic mass is 10.0. The first-order chi connectivity index (χ1) is 7.72. The van der Waals surface area contributed by atoms with E-state index in [0.717, 1.165) is 25.1 Å². The van der Waals surface area contributed by atoms with Crippen molar-refractivity contribution in [2.24, 2.45) is 5.92 Å². The van der Waals surface area contributed by atoms with Gasteiger partial charge in [0, 0.05) is 5.56 Å². The lowest BCUT2D eigenvalue weighted by molar-refractivity contribution is 0.647. The van der Waals surface area contributed by atoms with Crippen molar-refractivity contribution in [3.8, 4) is 11.8 Å². The Morgan fingerprint density at radius 1 is 1.31 bits per heavy atom. The van der Waals surface area contributed by atoms with E-state index >= 15 is 0 Å². The molecule has 0 fully saturated rings. The summed E-state index contributed by atoms with van der Waals surface area (Å²) in [5.41, 5.74) is 2.50. The molecule has 0 saturated carbocycles. The Morgan fingerprint density at radius 2 is 2.12 bits per heavy atom. The van der Waals surface area contributed by atoms with Gasteiger partial charge < -0.3 is 5.32 Å². The highest BCUT2D eigenvalue weighted by molar-refractivity contribution is 5.37. The minimum atomic E-state index is 0.699. The average molecular weight is 215 g/mol. The summed E-state index contributed by atoms with van der Waals surface area (Å²) in [6.45, 7) is 8.31. The zero-order valence-corrected chi connectivity index (χ0v) is 10.5. The van der Waals surface area contributed by atoms with E-state index < -0.39 is 0 Å². The van der Waals surface area contributed by atoms with E-state index in [1.165, 1.54) is 5.56 Å². The number of nitrogens with one attached hydrogen (secondary N) is 1. The Hall–Kier alpha value is -1.26. The van der Waals surface area contributed by atoms with Crippen molar-refractivity contribution in [3.05, 3.63) is 35.4 Å². The minimum absolute atomic E-state index is 0.699. The van der Waals surface area contributed by atoms with Crippen molar-refractivity contribution in [2.75, 3.05) is 13.1 Å². The molecule has 1 N–H and O–H groups in total. The van der Waals surface area contributed by atoms with Gasteiger partial charge in [-0.1, -0.05) is 44.7 Å². The van der Waals surface area contributed by atoms with Crippen LogP contribution < -0.4 is 5.32 Å². The molecule has 0 atom stereocenters. The van der Waals surface area contributed by atoms with Gasteiger partial charge in [0.15, 0.2) is 0 Å². The van der Waals surface area contributed by atoms with Crippen LogP contribution in [-0.2, 0) is 6.42 Å². The molecule has 1 heteroatoms. The second kappa shape index (κ2) is 7.09. The van der Waals surface area contributed by atoms with Crippen molar-refractivity contribution in [3.63, 3.8) is 0 Å². The largest absolute Gasteiger partial charge is 0.306 e. The van der Waals surface area contributed by atoms with Crippen LogP contribution in [0.5, 0.6) is 0 Å². The Bertz CT molecular complexity index is 369.